The molecule has 1 aromatic heterocycles. The lowest BCUT2D eigenvalue weighted by atomic mass is 10.1. The summed E-state index contributed by atoms with van der Waals surface area (Å²) in [6.07, 6.45) is 3.09. The van der Waals surface area contributed by atoms with E-state index >= 15 is 0 Å². The van der Waals surface area contributed by atoms with Gasteiger partial charge in [0.15, 0.2) is 0 Å². The number of hydrogen-bond acceptors (Lipinski definition) is 4. The normalized spacial score (nSPS) is 10.2. The highest BCUT2D eigenvalue weighted by atomic mass is 16.5. The third-order valence-corrected chi connectivity index (χ3v) is 2.34. The van der Waals surface area contributed by atoms with E-state index in [0.717, 1.165) is 25.1 Å². The molecule has 0 aromatic carbocycles. The number of rotatable bonds is 8. The predicted molar refractivity (Wildman–Crippen MR) is 67.3 cm³/mol. The SMILES string of the molecule is CCNCCOc1ccc(CCC(C)=O)cn1. The maximum absolute atomic E-state index is 10.8. The second kappa shape index (κ2) is 7.79. The molecule has 0 aliphatic heterocycles. The summed E-state index contributed by atoms with van der Waals surface area (Å²) in [7, 11) is 0. The first-order valence-corrected chi connectivity index (χ1v) is 6.00. The molecule has 94 valence electrons. The van der Waals surface area contributed by atoms with Crippen molar-refractivity contribution in [1.29, 1.82) is 0 Å². The Hall–Kier alpha value is -1.42. The van der Waals surface area contributed by atoms with Crippen LogP contribution in [0.2, 0.25) is 0 Å². The maximum atomic E-state index is 10.8. The van der Waals surface area contributed by atoms with E-state index in [1.54, 1.807) is 13.1 Å². The Kier molecular flexibility index (Phi) is 6.25. The van der Waals surface area contributed by atoms with Crippen molar-refractivity contribution < 1.29 is 9.53 Å². The number of carbonyl (C=O) groups is 1. The van der Waals surface area contributed by atoms with Crippen LogP contribution < -0.4 is 10.1 Å². The van der Waals surface area contributed by atoms with Crippen LogP contribution in [0.15, 0.2) is 18.3 Å². The number of Topliss-reactive ketones (excluding diaryl/α,β-unsaturated/α-hetero) is 1. The van der Waals surface area contributed by atoms with Crippen molar-refractivity contribution in [2.75, 3.05) is 19.7 Å². The molecule has 1 rings (SSSR count). The Morgan fingerprint density at radius 1 is 1.47 bits per heavy atom. The Morgan fingerprint density at radius 2 is 2.29 bits per heavy atom. The number of nitrogens with zero attached hydrogens (tertiary/aromatic N) is 1. The second-order valence-corrected chi connectivity index (χ2v) is 3.91. The maximum Gasteiger partial charge on any atom is 0.213 e. The molecule has 0 amide bonds. The monoisotopic (exact) mass is 236 g/mol. The number of pyridine rings is 1. The van der Waals surface area contributed by atoms with Crippen molar-refractivity contribution in [1.82, 2.24) is 10.3 Å². The molecule has 0 saturated heterocycles. The first-order chi connectivity index (χ1) is 8.22. The molecule has 1 N–H and O–H groups in total. The lowest BCUT2D eigenvalue weighted by molar-refractivity contribution is -0.116. The van der Waals surface area contributed by atoms with Gasteiger partial charge in [-0.1, -0.05) is 13.0 Å². The van der Waals surface area contributed by atoms with Crippen LogP contribution in [0.4, 0.5) is 0 Å². The molecular weight excluding hydrogens is 216 g/mol. The lowest BCUT2D eigenvalue weighted by Gasteiger charge is -2.06. The molecule has 0 fully saturated rings. The van der Waals surface area contributed by atoms with Crippen LogP contribution >= 0.6 is 0 Å². The first-order valence-electron chi connectivity index (χ1n) is 6.00. The molecular formula is C13H20N2O2. The quantitative estimate of drug-likeness (QED) is 0.696. The number of ketones is 1. The predicted octanol–water partition coefficient (Wildman–Crippen LogP) is 1.59. The van der Waals surface area contributed by atoms with Gasteiger partial charge in [-0.05, 0) is 25.5 Å². The highest BCUT2D eigenvalue weighted by Crippen LogP contribution is 2.09. The van der Waals surface area contributed by atoms with Gasteiger partial charge >= 0.3 is 0 Å². The Balaban J connectivity index is 2.31. The summed E-state index contributed by atoms with van der Waals surface area (Å²) in [6, 6.07) is 3.81. The summed E-state index contributed by atoms with van der Waals surface area (Å²) < 4.78 is 5.45. The van der Waals surface area contributed by atoms with Gasteiger partial charge < -0.3 is 14.8 Å². The molecule has 17 heavy (non-hydrogen) atoms. The fraction of sp³-hybridized carbons (Fsp3) is 0.538. The van der Waals surface area contributed by atoms with Crippen LogP contribution in [-0.2, 0) is 11.2 Å². The van der Waals surface area contributed by atoms with Crippen molar-refractivity contribution in [3.05, 3.63) is 23.9 Å². The van der Waals surface area contributed by atoms with Crippen LogP contribution in [0.25, 0.3) is 0 Å². The van der Waals surface area contributed by atoms with Crippen molar-refractivity contribution in [3.63, 3.8) is 0 Å². The van der Waals surface area contributed by atoms with Crippen LogP contribution in [-0.4, -0.2) is 30.5 Å². The van der Waals surface area contributed by atoms with Gasteiger partial charge in [0.2, 0.25) is 5.88 Å². The molecule has 0 unspecified atom stereocenters. The zero-order valence-corrected chi connectivity index (χ0v) is 10.5. The number of ether oxygens (including phenoxy) is 1. The van der Waals surface area contributed by atoms with Gasteiger partial charge in [-0.15, -0.1) is 0 Å². The molecule has 0 aliphatic rings. The molecule has 4 heteroatoms. The number of aromatic nitrogens is 1. The third kappa shape index (κ3) is 6.02. The highest BCUT2D eigenvalue weighted by molar-refractivity contribution is 5.75. The Bertz CT molecular complexity index is 336. The number of likely N-dealkylation sites (N-methyl/N-ethyl adjacent to an activating group) is 1. The number of nitrogens with one attached hydrogen (secondary N) is 1. The van der Waals surface area contributed by atoms with E-state index in [4.69, 9.17) is 4.74 Å². The fourth-order valence-corrected chi connectivity index (χ4v) is 1.37. The van der Waals surface area contributed by atoms with E-state index in [1.165, 1.54) is 0 Å². The van der Waals surface area contributed by atoms with Crippen molar-refractivity contribution in [2.24, 2.45) is 0 Å². The van der Waals surface area contributed by atoms with Gasteiger partial charge in [0.05, 0.1) is 0 Å². The van der Waals surface area contributed by atoms with Gasteiger partial charge in [0.1, 0.15) is 12.4 Å². The third-order valence-electron chi connectivity index (χ3n) is 2.34. The number of aryl methyl sites for hydroxylation is 1. The van der Waals surface area contributed by atoms with E-state index < -0.39 is 0 Å². The zero-order chi connectivity index (χ0) is 12.5. The molecule has 0 saturated carbocycles. The molecule has 0 bridgehead atoms. The lowest BCUT2D eigenvalue weighted by Crippen LogP contribution is -2.20. The molecule has 0 radical (unpaired) electrons. The summed E-state index contributed by atoms with van der Waals surface area (Å²) in [6.45, 7) is 6.05. The molecule has 0 aliphatic carbocycles. The number of carbonyl (C=O) groups excluding carboxylic acids is 1. The van der Waals surface area contributed by atoms with Gasteiger partial charge in [0.25, 0.3) is 0 Å². The minimum Gasteiger partial charge on any atom is -0.476 e. The van der Waals surface area contributed by atoms with Gasteiger partial charge in [-0.25, -0.2) is 4.98 Å². The summed E-state index contributed by atoms with van der Waals surface area (Å²) in [5.74, 6) is 0.838. The van der Waals surface area contributed by atoms with E-state index in [1.807, 2.05) is 12.1 Å². The minimum absolute atomic E-state index is 0.205. The highest BCUT2D eigenvalue weighted by Gasteiger charge is 1.99. The standard InChI is InChI=1S/C13H20N2O2/c1-3-14-8-9-17-13-7-6-12(10-15-13)5-4-11(2)16/h6-7,10,14H,3-5,8-9H2,1-2H3. The summed E-state index contributed by atoms with van der Waals surface area (Å²) in [5, 5.41) is 3.17. The van der Waals surface area contributed by atoms with E-state index in [0.29, 0.717) is 18.9 Å². The Labute approximate surface area is 102 Å². The zero-order valence-electron chi connectivity index (χ0n) is 10.5. The smallest absolute Gasteiger partial charge is 0.213 e. The Morgan fingerprint density at radius 3 is 2.88 bits per heavy atom. The first kappa shape index (κ1) is 13.6. The largest absolute Gasteiger partial charge is 0.476 e. The molecule has 1 heterocycles. The second-order valence-electron chi connectivity index (χ2n) is 3.91. The molecule has 0 spiro atoms. The van der Waals surface area contributed by atoms with Gasteiger partial charge in [-0.3, -0.25) is 0 Å². The van der Waals surface area contributed by atoms with Crippen molar-refractivity contribution >= 4 is 5.78 Å². The van der Waals surface area contributed by atoms with Crippen LogP contribution in [0.3, 0.4) is 0 Å². The van der Waals surface area contributed by atoms with E-state index in [9.17, 15) is 4.79 Å². The average molecular weight is 236 g/mol. The van der Waals surface area contributed by atoms with E-state index in [-0.39, 0.29) is 5.78 Å². The molecule has 4 nitrogen and oxygen atoms in total. The summed E-state index contributed by atoms with van der Waals surface area (Å²) in [4.78, 5) is 15.0. The van der Waals surface area contributed by atoms with Crippen LogP contribution in [0.1, 0.15) is 25.8 Å². The van der Waals surface area contributed by atoms with Gasteiger partial charge in [0, 0.05) is 25.2 Å². The molecule has 1 aromatic rings. The molecule has 0 atom stereocenters. The van der Waals surface area contributed by atoms with Crippen LogP contribution in [0.5, 0.6) is 5.88 Å². The summed E-state index contributed by atoms with van der Waals surface area (Å²) >= 11 is 0. The number of hydrogen-bond donors (Lipinski definition) is 1. The van der Waals surface area contributed by atoms with Crippen LogP contribution in [0, 0.1) is 0 Å². The average Bonchev–Trinajstić information content (AvgIpc) is 2.33. The van der Waals surface area contributed by atoms with Crippen molar-refractivity contribution in [3.8, 4) is 5.88 Å². The van der Waals surface area contributed by atoms with E-state index in [2.05, 4.69) is 17.2 Å². The fourth-order valence-electron chi connectivity index (χ4n) is 1.37. The van der Waals surface area contributed by atoms with Crippen molar-refractivity contribution in [2.45, 2.75) is 26.7 Å². The topological polar surface area (TPSA) is 51.2 Å². The van der Waals surface area contributed by atoms with Gasteiger partial charge in [-0.2, -0.15) is 0 Å². The summed E-state index contributed by atoms with van der Waals surface area (Å²) in [5.41, 5.74) is 1.07. The minimum atomic E-state index is 0.205.